The van der Waals surface area contributed by atoms with Gasteiger partial charge in [0.15, 0.2) is 0 Å². The monoisotopic (exact) mass is 325 g/mol. The number of sulfonamides is 1. The van der Waals surface area contributed by atoms with Gasteiger partial charge < -0.3 is 10.2 Å². The van der Waals surface area contributed by atoms with Crippen molar-refractivity contribution in [2.75, 3.05) is 40.8 Å². The highest BCUT2D eigenvalue weighted by Gasteiger charge is 2.28. The largest absolute Gasteiger partial charge is 0.319 e. The van der Waals surface area contributed by atoms with Gasteiger partial charge in [-0.2, -0.15) is 4.31 Å². The molecule has 1 fully saturated rings. The summed E-state index contributed by atoms with van der Waals surface area (Å²) in [6, 6.07) is 7.27. The van der Waals surface area contributed by atoms with Crippen LogP contribution in [0.2, 0.25) is 0 Å². The maximum atomic E-state index is 12.7. The van der Waals surface area contributed by atoms with Crippen LogP contribution < -0.4 is 5.32 Å². The molecule has 0 radical (unpaired) electrons. The summed E-state index contributed by atoms with van der Waals surface area (Å²) in [7, 11) is 2.60. The molecule has 1 aliphatic rings. The predicted octanol–water partition coefficient (Wildman–Crippen LogP) is 1.37. The Hall–Kier alpha value is -0.950. The summed E-state index contributed by atoms with van der Waals surface area (Å²) < 4.78 is 27.0. The number of benzene rings is 1. The molecule has 1 heterocycles. The molecule has 0 aromatic heterocycles. The SMILES string of the molecule is CNCC1CCN(S(=O)(=O)c2ccc(CN(C)C)cc2)CC1. The molecule has 0 aliphatic carbocycles. The van der Waals surface area contributed by atoms with Crippen molar-refractivity contribution in [2.24, 2.45) is 5.92 Å². The first-order valence-corrected chi connectivity index (χ1v) is 9.26. The molecule has 1 aromatic rings. The van der Waals surface area contributed by atoms with Crippen molar-refractivity contribution in [3.8, 4) is 0 Å². The molecule has 1 N–H and O–H groups in total. The predicted molar refractivity (Wildman–Crippen MR) is 89.2 cm³/mol. The fourth-order valence-electron chi connectivity index (χ4n) is 2.92. The first-order valence-electron chi connectivity index (χ1n) is 7.82. The molecule has 0 bridgehead atoms. The normalized spacial score (nSPS) is 18.0. The van der Waals surface area contributed by atoms with Gasteiger partial charge in [-0.15, -0.1) is 0 Å². The standard InChI is InChI=1S/C16H27N3O2S/c1-17-12-14-8-10-19(11-9-14)22(20,21)16-6-4-15(5-7-16)13-18(2)3/h4-7,14,17H,8-13H2,1-3H3. The summed E-state index contributed by atoms with van der Waals surface area (Å²) in [5, 5.41) is 3.17. The molecule has 1 aromatic carbocycles. The fourth-order valence-corrected chi connectivity index (χ4v) is 4.39. The van der Waals surface area contributed by atoms with Crippen LogP contribution in [0, 0.1) is 5.92 Å². The Morgan fingerprint density at radius 1 is 1.18 bits per heavy atom. The maximum absolute atomic E-state index is 12.7. The minimum Gasteiger partial charge on any atom is -0.319 e. The second-order valence-corrected chi connectivity index (χ2v) is 8.22. The van der Waals surface area contributed by atoms with Crippen molar-refractivity contribution in [3.63, 3.8) is 0 Å². The Bertz CT molecular complexity index is 562. The lowest BCUT2D eigenvalue weighted by atomic mass is 9.98. The van der Waals surface area contributed by atoms with Crippen LogP contribution in [0.15, 0.2) is 29.2 Å². The van der Waals surface area contributed by atoms with Crippen molar-refractivity contribution < 1.29 is 8.42 Å². The quantitative estimate of drug-likeness (QED) is 0.858. The summed E-state index contributed by atoms with van der Waals surface area (Å²) in [5.41, 5.74) is 1.12. The van der Waals surface area contributed by atoms with Crippen LogP contribution >= 0.6 is 0 Å². The van der Waals surface area contributed by atoms with E-state index in [4.69, 9.17) is 0 Å². The van der Waals surface area contributed by atoms with Crippen LogP contribution in [0.25, 0.3) is 0 Å². The number of piperidine rings is 1. The Kier molecular flexibility index (Phi) is 5.97. The van der Waals surface area contributed by atoms with Crippen molar-refractivity contribution in [3.05, 3.63) is 29.8 Å². The third kappa shape index (κ3) is 4.29. The third-order valence-corrected chi connectivity index (χ3v) is 6.04. The van der Waals surface area contributed by atoms with E-state index in [1.165, 1.54) is 0 Å². The number of hydrogen-bond acceptors (Lipinski definition) is 4. The molecule has 0 atom stereocenters. The van der Waals surface area contributed by atoms with Gasteiger partial charge in [0.2, 0.25) is 10.0 Å². The number of nitrogens with zero attached hydrogens (tertiary/aromatic N) is 2. The zero-order chi connectivity index (χ0) is 16.2. The zero-order valence-electron chi connectivity index (χ0n) is 13.7. The molecule has 2 rings (SSSR count). The first-order chi connectivity index (χ1) is 10.4. The van der Waals surface area contributed by atoms with Crippen LogP contribution in [0.5, 0.6) is 0 Å². The fraction of sp³-hybridized carbons (Fsp3) is 0.625. The summed E-state index contributed by atoms with van der Waals surface area (Å²) in [5.74, 6) is 0.582. The van der Waals surface area contributed by atoms with E-state index in [-0.39, 0.29) is 0 Å². The minimum atomic E-state index is -3.35. The number of rotatable bonds is 6. The smallest absolute Gasteiger partial charge is 0.243 e. The molecule has 1 aliphatic heterocycles. The summed E-state index contributed by atoms with van der Waals surface area (Å²) in [6.07, 6.45) is 1.86. The van der Waals surface area contributed by atoms with Gasteiger partial charge in [0.25, 0.3) is 0 Å². The highest BCUT2D eigenvalue weighted by Crippen LogP contribution is 2.23. The first kappa shape index (κ1) is 17.4. The molecule has 6 heteroatoms. The summed E-state index contributed by atoms with van der Waals surface area (Å²) >= 11 is 0. The van der Waals surface area contributed by atoms with Gasteiger partial charge in [-0.1, -0.05) is 12.1 Å². The molecule has 0 unspecified atom stereocenters. The van der Waals surface area contributed by atoms with Gasteiger partial charge in [-0.3, -0.25) is 0 Å². The van der Waals surface area contributed by atoms with Crippen LogP contribution in [0.1, 0.15) is 18.4 Å². The van der Waals surface area contributed by atoms with Gasteiger partial charge in [0.05, 0.1) is 4.90 Å². The lowest BCUT2D eigenvalue weighted by Crippen LogP contribution is -2.40. The topological polar surface area (TPSA) is 52.7 Å². The molecular formula is C16H27N3O2S. The summed E-state index contributed by atoms with van der Waals surface area (Å²) in [6.45, 7) is 3.02. The van der Waals surface area contributed by atoms with E-state index >= 15 is 0 Å². The minimum absolute atomic E-state index is 0.405. The number of hydrogen-bond donors (Lipinski definition) is 1. The average Bonchev–Trinajstić information content (AvgIpc) is 2.48. The Balaban J connectivity index is 2.04. The van der Waals surface area contributed by atoms with E-state index in [1.54, 1.807) is 16.4 Å². The zero-order valence-corrected chi connectivity index (χ0v) is 14.6. The van der Waals surface area contributed by atoms with Crippen LogP contribution in [0.3, 0.4) is 0 Å². The van der Waals surface area contributed by atoms with Crippen LogP contribution in [0.4, 0.5) is 0 Å². The van der Waals surface area contributed by atoms with E-state index < -0.39 is 10.0 Å². The van der Waals surface area contributed by atoms with Gasteiger partial charge in [-0.25, -0.2) is 8.42 Å². The molecule has 22 heavy (non-hydrogen) atoms. The second-order valence-electron chi connectivity index (χ2n) is 6.29. The maximum Gasteiger partial charge on any atom is 0.243 e. The average molecular weight is 325 g/mol. The molecule has 5 nitrogen and oxygen atoms in total. The van der Waals surface area contributed by atoms with E-state index in [1.807, 2.05) is 33.3 Å². The Morgan fingerprint density at radius 2 is 1.77 bits per heavy atom. The Morgan fingerprint density at radius 3 is 2.27 bits per heavy atom. The lowest BCUT2D eigenvalue weighted by molar-refractivity contribution is 0.270. The van der Waals surface area contributed by atoms with Gasteiger partial charge in [0.1, 0.15) is 0 Å². The molecule has 0 spiro atoms. The third-order valence-electron chi connectivity index (χ3n) is 4.13. The van der Waals surface area contributed by atoms with Crippen molar-refractivity contribution >= 4 is 10.0 Å². The van der Waals surface area contributed by atoms with Crippen molar-refractivity contribution in [1.82, 2.24) is 14.5 Å². The lowest BCUT2D eigenvalue weighted by Gasteiger charge is -2.31. The van der Waals surface area contributed by atoms with Crippen LogP contribution in [-0.4, -0.2) is 58.4 Å². The molecule has 124 valence electrons. The second kappa shape index (κ2) is 7.55. The highest BCUT2D eigenvalue weighted by atomic mass is 32.2. The van der Waals surface area contributed by atoms with E-state index in [0.29, 0.717) is 23.9 Å². The number of nitrogens with one attached hydrogen (secondary N) is 1. The van der Waals surface area contributed by atoms with Gasteiger partial charge >= 0.3 is 0 Å². The molecule has 0 saturated carbocycles. The summed E-state index contributed by atoms with van der Waals surface area (Å²) in [4.78, 5) is 2.47. The highest BCUT2D eigenvalue weighted by molar-refractivity contribution is 7.89. The van der Waals surface area contributed by atoms with E-state index in [0.717, 1.165) is 31.5 Å². The van der Waals surface area contributed by atoms with Crippen molar-refractivity contribution in [1.29, 1.82) is 0 Å². The molecule has 1 saturated heterocycles. The molecular weight excluding hydrogens is 298 g/mol. The van der Waals surface area contributed by atoms with E-state index in [9.17, 15) is 8.42 Å². The van der Waals surface area contributed by atoms with Gasteiger partial charge in [-0.05, 0) is 64.1 Å². The van der Waals surface area contributed by atoms with Crippen LogP contribution in [-0.2, 0) is 16.6 Å². The molecule has 0 amide bonds. The van der Waals surface area contributed by atoms with Gasteiger partial charge in [0, 0.05) is 19.6 Å². The Labute approximate surface area is 134 Å². The van der Waals surface area contributed by atoms with E-state index in [2.05, 4.69) is 10.2 Å². The van der Waals surface area contributed by atoms with Crippen molar-refractivity contribution in [2.45, 2.75) is 24.3 Å².